The summed E-state index contributed by atoms with van der Waals surface area (Å²) in [7, 11) is -2.97. The number of aryl methyl sites for hydroxylation is 1. The zero-order chi connectivity index (χ0) is 15.9. The van der Waals surface area contributed by atoms with Crippen LogP contribution in [0.4, 0.5) is 11.4 Å². The largest absolute Gasteiger partial charge is 0.369 e. The lowest BCUT2D eigenvalue weighted by Gasteiger charge is -2.29. The van der Waals surface area contributed by atoms with Crippen LogP contribution in [0.2, 0.25) is 0 Å². The fourth-order valence-corrected chi connectivity index (χ4v) is 3.90. The first-order chi connectivity index (χ1) is 10.4. The minimum absolute atomic E-state index is 0.0351. The van der Waals surface area contributed by atoms with Crippen LogP contribution in [0.3, 0.4) is 0 Å². The molecule has 0 bridgehead atoms. The molecule has 7 nitrogen and oxygen atoms in total. The Kier molecular flexibility index (Phi) is 3.48. The van der Waals surface area contributed by atoms with Crippen LogP contribution in [0.25, 0.3) is 10.9 Å². The molecule has 1 aromatic heterocycles. The summed E-state index contributed by atoms with van der Waals surface area (Å²) < 4.78 is 23.1. The number of fused-ring (bicyclic) bond motifs is 1. The molecule has 1 aliphatic heterocycles. The molecule has 0 amide bonds. The highest BCUT2D eigenvalue weighted by atomic mass is 32.2. The number of pyridine rings is 1. The molecule has 0 spiro atoms. The minimum atomic E-state index is -2.97. The smallest absolute Gasteiger partial charge is 0.295 e. The minimum Gasteiger partial charge on any atom is -0.369 e. The zero-order valence-corrected chi connectivity index (χ0v) is 12.8. The first kappa shape index (κ1) is 14.7. The number of nitrogens with zero attached hydrogens (tertiary/aromatic N) is 3. The second-order valence-corrected chi connectivity index (χ2v) is 7.66. The molecule has 0 saturated carbocycles. The molecule has 2 heterocycles. The van der Waals surface area contributed by atoms with E-state index < -0.39 is 14.8 Å². The van der Waals surface area contributed by atoms with Crippen LogP contribution in [0.1, 0.15) is 5.69 Å². The Morgan fingerprint density at radius 2 is 1.95 bits per heavy atom. The van der Waals surface area contributed by atoms with Gasteiger partial charge in [-0.15, -0.1) is 0 Å². The Morgan fingerprint density at radius 1 is 1.27 bits per heavy atom. The maximum Gasteiger partial charge on any atom is 0.295 e. The van der Waals surface area contributed by atoms with Crippen LogP contribution in [-0.4, -0.2) is 42.9 Å². The number of nitro groups is 1. The molecule has 1 fully saturated rings. The first-order valence-corrected chi connectivity index (χ1v) is 8.70. The molecule has 0 N–H and O–H groups in total. The lowest BCUT2D eigenvalue weighted by molar-refractivity contribution is -0.383. The van der Waals surface area contributed by atoms with Crippen LogP contribution in [0.5, 0.6) is 0 Å². The number of hydrogen-bond donors (Lipinski definition) is 0. The average Bonchev–Trinajstić information content (AvgIpc) is 2.45. The number of rotatable bonds is 2. The summed E-state index contributed by atoms with van der Waals surface area (Å²) in [6.45, 7) is 2.56. The SMILES string of the molecule is Cc1cc(N2CCS(=O)(=O)CC2)c2cccc([N+](=O)[O-])c2n1. The molecule has 0 atom stereocenters. The van der Waals surface area contributed by atoms with E-state index in [2.05, 4.69) is 4.98 Å². The molecule has 8 heteroatoms. The van der Waals surface area contributed by atoms with Crippen molar-refractivity contribution in [1.29, 1.82) is 0 Å². The summed E-state index contributed by atoms with van der Waals surface area (Å²) in [5.41, 5.74) is 1.79. The predicted octanol–water partition coefficient (Wildman–Crippen LogP) is 1.69. The Labute approximate surface area is 127 Å². The first-order valence-electron chi connectivity index (χ1n) is 6.87. The molecule has 0 unspecified atom stereocenters. The lowest BCUT2D eigenvalue weighted by atomic mass is 10.1. The van der Waals surface area contributed by atoms with Crippen molar-refractivity contribution < 1.29 is 13.3 Å². The van der Waals surface area contributed by atoms with Gasteiger partial charge in [-0.3, -0.25) is 10.1 Å². The average molecular weight is 321 g/mol. The van der Waals surface area contributed by atoms with Crippen molar-refractivity contribution in [2.24, 2.45) is 0 Å². The monoisotopic (exact) mass is 321 g/mol. The van der Waals surface area contributed by atoms with Gasteiger partial charge >= 0.3 is 0 Å². The Hall–Kier alpha value is -2.22. The maximum atomic E-state index is 11.6. The van der Waals surface area contributed by atoms with Gasteiger partial charge in [0, 0.05) is 35.9 Å². The third-order valence-electron chi connectivity index (χ3n) is 3.81. The van der Waals surface area contributed by atoms with Gasteiger partial charge in [-0.05, 0) is 13.0 Å². The number of aromatic nitrogens is 1. The number of non-ortho nitro benzene ring substituents is 1. The summed E-state index contributed by atoms with van der Waals surface area (Å²) in [6, 6.07) is 6.69. The van der Waals surface area contributed by atoms with E-state index in [4.69, 9.17) is 0 Å². The summed E-state index contributed by atoms with van der Waals surface area (Å²) in [5, 5.41) is 11.9. The van der Waals surface area contributed by atoms with Gasteiger partial charge in [-0.25, -0.2) is 13.4 Å². The van der Waals surface area contributed by atoms with E-state index >= 15 is 0 Å². The summed E-state index contributed by atoms with van der Waals surface area (Å²) in [4.78, 5) is 17.0. The Morgan fingerprint density at radius 3 is 2.59 bits per heavy atom. The summed E-state index contributed by atoms with van der Waals surface area (Å²) in [5.74, 6) is 0.204. The second kappa shape index (κ2) is 5.20. The highest BCUT2D eigenvalue weighted by molar-refractivity contribution is 7.91. The summed E-state index contributed by atoms with van der Waals surface area (Å²) >= 11 is 0. The van der Waals surface area contributed by atoms with Gasteiger partial charge in [0.2, 0.25) is 0 Å². The van der Waals surface area contributed by atoms with Crippen LogP contribution in [0.15, 0.2) is 24.3 Å². The fourth-order valence-electron chi connectivity index (χ4n) is 2.70. The predicted molar refractivity (Wildman–Crippen MR) is 84.0 cm³/mol. The zero-order valence-electron chi connectivity index (χ0n) is 12.0. The third kappa shape index (κ3) is 2.61. The summed E-state index contributed by atoms with van der Waals surface area (Å²) in [6.07, 6.45) is 0. The number of para-hydroxylation sites is 1. The van der Waals surface area contributed by atoms with Gasteiger partial charge in [0.25, 0.3) is 5.69 Å². The van der Waals surface area contributed by atoms with Crippen LogP contribution in [0, 0.1) is 17.0 Å². The lowest BCUT2D eigenvalue weighted by Crippen LogP contribution is -2.40. The van der Waals surface area contributed by atoms with Crippen molar-refractivity contribution in [3.63, 3.8) is 0 Å². The highest BCUT2D eigenvalue weighted by Crippen LogP contribution is 2.32. The van der Waals surface area contributed by atoms with Gasteiger partial charge < -0.3 is 4.90 Å². The van der Waals surface area contributed by atoms with E-state index in [1.165, 1.54) is 6.07 Å². The standard InChI is InChI=1S/C14H15N3O4S/c1-10-9-13(16-5-7-22(20,21)8-6-16)11-3-2-4-12(17(18)19)14(11)15-10/h2-4,9H,5-8H2,1H3. The van der Waals surface area contributed by atoms with Crippen molar-refractivity contribution >= 4 is 32.1 Å². The van der Waals surface area contributed by atoms with Gasteiger partial charge in [0.1, 0.15) is 0 Å². The number of benzene rings is 1. The van der Waals surface area contributed by atoms with Crippen LogP contribution < -0.4 is 4.90 Å². The van der Waals surface area contributed by atoms with Crippen molar-refractivity contribution in [2.45, 2.75) is 6.92 Å². The van der Waals surface area contributed by atoms with Crippen molar-refractivity contribution in [3.8, 4) is 0 Å². The van der Waals surface area contributed by atoms with Crippen LogP contribution in [-0.2, 0) is 9.84 Å². The van der Waals surface area contributed by atoms with Crippen molar-refractivity contribution in [2.75, 3.05) is 29.5 Å². The molecule has 1 aromatic carbocycles. The number of anilines is 1. The topological polar surface area (TPSA) is 93.4 Å². The number of sulfone groups is 1. The molecule has 0 aliphatic carbocycles. The molecule has 116 valence electrons. The number of hydrogen-bond acceptors (Lipinski definition) is 6. The van der Waals surface area contributed by atoms with Crippen molar-refractivity contribution in [3.05, 3.63) is 40.1 Å². The van der Waals surface area contributed by atoms with Gasteiger partial charge in [0.05, 0.1) is 16.4 Å². The molecular weight excluding hydrogens is 306 g/mol. The molecule has 3 rings (SSSR count). The van der Waals surface area contributed by atoms with Gasteiger partial charge in [-0.2, -0.15) is 0 Å². The molecule has 1 saturated heterocycles. The van der Waals surface area contributed by atoms with Crippen LogP contribution >= 0.6 is 0 Å². The van der Waals surface area contributed by atoms with Gasteiger partial charge in [0.15, 0.2) is 15.4 Å². The Bertz CT molecular complexity index is 850. The highest BCUT2D eigenvalue weighted by Gasteiger charge is 2.24. The quantitative estimate of drug-likeness (QED) is 0.617. The molecule has 0 radical (unpaired) electrons. The van der Waals surface area contributed by atoms with Crippen molar-refractivity contribution in [1.82, 2.24) is 4.98 Å². The van der Waals surface area contributed by atoms with E-state index in [0.29, 0.717) is 29.7 Å². The van der Waals surface area contributed by atoms with E-state index in [9.17, 15) is 18.5 Å². The second-order valence-electron chi connectivity index (χ2n) is 5.35. The normalized spacial score (nSPS) is 17.6. The van der Waals surface area contributed by atoms with E-state index in [1.54, 1.807) is 19.1 Å². The van der Waals surface area contributed by atoms with Gasteiger partial charge in [-0.1, -0.05) is 12.1 Å². The van der Waals surface area contributed by atoms with E-state index in [-0.39, 0.29) is 17.2 Å². The van der Waals surface area contributed by atoms with E-state index in [1.807, 2.05) is 11.0 Å². The fraction of sp³-hybridized carbons (Fsp3) is 0.357. The van der Waals surface area contributed by atoms with E-state index in [0.717, 1.165) is 5.69 Å². The number of nitro benzene ring substituents is 1. The maximum absolute atomic E-state index is 11.6. The molecule has 1 aliphatic rings. The molecule has 22 heavy (non-hydrogen) atoms. The third-order valence-corrected chi connectivity index (χ3v) is 5.42. The molecular formula is C14H15N3O4S. The Balaban J connectivity index is 2.14. The molecule has 2 aromatic rings.